The predicted molar refractivity (Wildman–Crippen MR) is 112 cm³/mol. The van der Waals surface area contributed by atoms with Crippen LogP contribution in [0.15, 0.2) is 54.9 Å². The minimum atomic E-state index is 0.489. The van der Waals surface area contributed by atoms with Crippen molar-refractivity contribution in [2.24, 2.45) is 0 Å². The van der Waals surface area contributed by atoms with Crippen molar-refractivity contribution in [2.45, 2.75) is 6.54 Å². The molecule has 29 heavy (non-hydrogen) atoms. The van der Waals surface area contributed by atoms with E-state index in [0.717, 1.165) is 38.3 Å². The second kappa shape index (κ2) is 8.87. The van der Waals surface area contributed by atoms with Gasteiger partial charge in [-0.05, 0) is 17.7 Å². The molecule has 150 valence electrons. The lowest BCUT2D eigenvalue weighted by Gasteiger charge is -2.36. The molecule has 1 fully saturated rings. The highest BCUT2D eigenvalue weighted by atomic mass is 16.5. The van der Waals surface area contributed by atoms with E-state index in [2.05, 4.69) is 61.1 Å². The van der Waals surface area contributed by atoms with Gasteiger partial charge in [0.15, 0.2) is 5.82 Å². The van der Waals surface area contributed by atoms with E-state index in [1.165, 1.54) is 11.3 Å². The molecule has 2 aromatic heterocycles. The number of aromatic nitrogens is 3. The third-order valence-electron chi connectivity index (χ3n) is 5.12. The third kappa shape index (κ3) is 4.63. The van der Waals surface area contributed by atoms with E-state index in [1.807, 2.05) is 12.4 Å². The van der Waals surface area contributed by atoms with Crippen molar-refractivity contribution in [3.05, 3.63) is 60.4 Å². The molecule has 4 rings (SSSR count). The zero-order valence-electron chi connectivity index (χ0n) is 16.8. The van der Waals surface area contributed by atoms with Crippen LogP contribution < -0.4 is 14.4 Å². The van der Waals surface area contributed by atoms with Gasteiger partial charge in [0.2, 0.25) is 11.8 Å². The first-order valence-electron chi connectivity index (χ1n) is 9.69. The summed E-state index contributed by atoms with van der Waals surface area (Å²) >= 11 is 0. The van der Waals surface area contributed by atoms with Crippen LogP contribution in [0.3, 0.4) is 0 Å². The molecular formula is C22H25N5O2. The second-order valence-corrected chi connectivity index (χ2v) is 6.94. The minimum Gasteiger partial charge on any atom is -0.481 e. The first kappa shape index (κ1) is 19.1. The van der Waals surface area contributed by atoms with Crippen molar-refractivity contribution in [1.29, 1.82) is 0 Å². The number of hydrogen-bond acceptors (Lipinski definition) is 7. The topological polar surface area (TPSA) is 63.6 Å². The van der Waals surface area contributed by atoms with Crippen molar-refractivity contribution in [2.75, 3.05) is 45.3 Å². The van der Waals surface area contributed by atoms with Crippen LogP contribution in [-0.4, -0.2) is 60.3 Å². The number of hydrogen-bond donors (Lipinski definition) is 0. The SMILES string of the molecule is COc1cc(OC)nc(-c2ccc(CN3CCN(c4ccncc4)CC3)cc2)n1. The fourth-order valence-electron chi connectivity index (χ4n) is 3.48. The van der Waals surface area contributed by atoms with Gasteiger partial charge in [-0.15, -0.1) is 0 Å². The summed E-state index contributed by atoms with van der Waals surface area (Å²) < 4.78 is 10.5. The van der Waals surface area contributed by atoms with Crippen molar-refractivity contribution in [1.82, 2.24) is 19.9 Å². The zero-order valence-corrected chi connectivity index (χ0v) is 16.8. The molecule has 0 N–H and O–H groups in total. The highest BCUT2D eigenvalue weighted by molar-refractivity contribution is 5.56. The van der Waals surface area contributed by atoms with Gasteiger partial charge in [-0.25, -0.2) is 0 Å². The molecule has 1 aliphatic rings. The van der Waals surface area contributed by atoms with Crippen LogP contribution in [0.4, 0.5) is 5.69 Å². The van der Waals surface area contributed by atoms with Crippen molar-refractivity contribution < 1.29 is 9.47 Å². The number of benzene rings is 1. The summed E-state index contributed by atoms with van der Waals surface area (Å²) in [6.45, 7) is 5.08. The van der Waals surface area contributed by atoms with Crippen molar-refractivity contribution in [3.63, 3.8) is 0 Å². The van der Waals surface area contributed by atoms with E-state index in [1.54, 1.807) is 20.3 Å². The van der Waals surface area contributed by atoms with Gasteiger partial charge in [0.25, 0.3) is 0 Å². The Hall–Kier alpha value is -3.19. The van der Waals surface area contributed by atoms with Gasteiger partial charge in [0.05, 0.1) is 20.3 Å². The standard InChI is InChI=1S/C22H25N5O2/c1-28-20-15-21(29-2)25-22(24-20)18-5-3-17(4-6-18)16-26-11-13-27(14-12-26)19-7-9-23-10-8-19/h3-10,15H,11-14,16H2,1-2H3. The van der Waals surface area contributed by atoms with Crippen LogP contribution in [0.2, 0.25) is 0 Å². The third-order valence-corrected chi connectivity index (χ3v) is 5.12. The molecule has 0 spiro atoms. The number of nitrogens with zero attached hydrogens (tertiary/aromatic N) is 5. The first-order chi connectivity index (χ1) is 14.2. The van der Waals surface area contributed by atoms with Crippen LogP contribution in [0, 0.1) is 0 Å². The second-order valence-electron chi connectivity index (χ2n) is 6.94. The lowest BCUT2D eigenvalue weighted by molar-refractivity contribution is 0.250. The maximum atomic E-state index is 5.24. The average molecular weight is 391 g/mol. The average Bonchev–Trinajstić information content (AvgIpc) is 2.80. The first-order valence-corrected chi connectivity index (χ1v) is 9.69. The molecule has 0 atom stereocenters. The number of piperazine rings is 1. The van der Waals surface area contributed by atoms with Gasteiger partial charge < -0.3 is 14.4 Å². The molecule has 3 aromatic rings. The van der Waals surface area contributed by atoms with Gasteiger partial charge in [-0.2, -0.15) is 9.97 Å². The highest BCUT2D eigenvalue weighted by Gasteiger charge is 2.17. The molecule has 0 bridgehead atoms. The molecule has 0 amide bonds. The van der Waals surface area contributed by atoms with Crippen LogP contribution in [0.25, 0.3) is 11.4 Å². The van der Waals surface area contributed by atoms with Gasteiger partial charge in [-0.3, -0.25) is 9.88 Å². The number of ether oxygens (including phenoxy) is 2. The Labute approximate surface area is 171 Å². The van der Waals surface area contributed by atoms with Crippen molar-refractivity contribution >= 4 is 5.69 Å². The summed E-state index contributed by atoms with van der Waals surface area (Å²) in [5.74, 6) is 1.57. The van der Waals surface area contributed by atoms with Crippen molar-refractivity contribution in [3.8, 4) is 23.1 Å². The number of methoxy groups -OCH3 is 2. The summed E-state index contributed by atoms with van der Waals surface area (Å²) in [4.78, 5) is 17.8. The van der Waals surface area contributed by atoms with E-state index in [-0.39, 0.29) is 0 Å². The Morgan fingerprint density at radius 2 is 1.45 bits per heavy atom. The van der Waals surface area contributed by atoms with E-state index >= 15 is 0 Å². The van der Waals surface area contributed by atoms with Gasteiger partial charge in [0, 0.05) is 56.4 Å². The Morgan fingerprint density at radius 3 is 2.03 bits per heavy atom. The summed E-state index contributed by atoms with van der Waals surface area (Å²) in [6.07, 6.45) is 3.70. The van der Waals surface area contributed by atoms with Gasteiger partial charge in [0.1, 0.15) is 0 Å². The van der Waals surface area contributed by atoms with Crippen LogP contribution >= 0.6 is 0 Å². The monoisotopic (exact) mass is 391 g/mol. The molecule has 1 aromatic carbocycles. The van der Waals surface area contributed by atoms with Crippen LogP contribution in [0.5, 0.6) is 11.8 Å². The normalized spacial score (nSPS) is 14.6. The van der Waals surface area contributed by atoms with Crippen LogP contribution in [-0.2, 0) is 6.54 Å². The molecule has 0 aliphatic carbocycles. The summed E-state index contributed by atoms with van der Waals surface area (Å²) in [5, 5.41) is 0. The van der Waals surface area contributed by atoms with Gasteiger partial charge in [-0.1, -0.05) is 24.3 Å². The Bertz CT molecular complexity index is 903. The van der Waals surface area contributed by atoms with E-state index < -0.39 is 0 Å². The maximum absolute atomic E-state index is 5.24. The Morgan fingerprint density at radius 1 is 0.828 bits per heavy atom. The fourth-order valence-corrected chi connectivity index (χ4v) is 3.48. The highest BCUT2D eigenvalue weighted by Crippen LogP contribution is 2.23. The van der Waals surface area contributed by atoms with E-state index in [9.17, 15) is 0 Å². The predicted octanol–water partition coefficient (Wildman–Crippen LogP) is 2.88. The quantitative estimate of drug-likeness (QED) is 0.640. The lowest BCUT2D eigenvalue weighted by atomic mass is 10.1. The van der Waals surface area contributed by atoms with Gasteiger partial charge >= 0.3 is 0 Å². The summed E-state index contributed by atoms with van der Waals surface area (Å²) in [7, 11) is 3.17. The Balaban J connectivity index is 1.38. The number of rotatable bonds is 6. The summed E-state index contributed by atoms with van der Waals surface area (Å²) in [5.41, 5.74) is 3.46. The molecule has 7 nitrogen and oxygen atoms in total. The molecular weight excluding hydrogens is 366 g/mol. The molecule has 0 unspecified atom stereocenters. The maximum Gasteiger partial charge on any atom is 0.220 e. The smallest absolute Gasteiger partial charge is 0.220 e. The molecule has 3 heterocycles. The molecule has 0 radical (unpaired) electrons. The number of pyridine rings is 1. The zero-order chi connectivity index (χ0) is 20.1. The summed E-state index contributed by atoms with van der Waals surface area (Å²) in [6, 6.07) is 14.2. The van der Waals surface area contributed by atoms with Crippen LogP contribution in [0.1, 0.15) is 5.56 Å². The molecule has 1 saturated heterocycles. The molecule has 7 heteroatoms. The number of anilines is 1. The lowest BCUT2D eigenvalue weighted by Crippen LogP contribution is -2.45. The Kier molecular flexibility index (Phi) is 5.86. The molecule has 0 saturated carbocycles. The van der Waals surface area contributed by atoms with E-state index in [0.29, 0.717) is 17.6 Å². The fraction of sp³-hybridized carbons (Fsp3) is 0.318. The minimum absolute atomic E-state index is 0.489. The molecule has 1 aliphatic heterocycles. The van der Waals surface area contributed by atoms with E-state index in [4.69, 9.17) is 9.47 Å². The largest absolute Gasteiger partial charge is 0.481 e.